The van der Waals surface area contributed by atoms with E-state index < -0.39 is 14.7 Å². The first-order valence-electron chi connectivity index (χ1n) is 5.41. The summed E-state index contributed by atoms with van der Waals surface area (Å²) in [4.78, 5) is 21.0. The van der Waals surface area contributed by atoms with Crippen molar-refractivity contribution in [1.82, 2.24) is 0 Å². The fourth-order valence-electron chi connectivity index (χ4n) is 1.80. The lowest BCUT2D eigenvalue weighted by Gasteiger charge is -2.32. The van der Waals surface area contributed by atoms with Crippen molar-refractivity contribution in [3.63, 3.8) is 0 Å². The maximum absolute atomic E-state index is 10.7. The number of hydrogen-bond acceptors (Lipinski definition) is 4. The zero-order valence-electron chi connectivity index (χ0n) is 10.00. The Labute approximate surface area is 118 Å². The van der Waals surface area contributed by atoms with Crippen LogP contribution in [0.4, 0.5) is 4.79 Å². The maximum Gasteiger partial charge on any atom is 0.507 e. The van der Waals surface area contributed by atoms with Gasteiger partial charge in [0.25, 0.3) is 5.70 Å². The molecule has 0 saturated heterocycles. The third-order valence-corrected chi connectivity index (χ3v) is 3.92. The highest BCUT2D eigenvalue weighted by Crippen LogP contribution is 2.40. The molecule has 0 aromatic rings. The Morgan fingerprint density at radius 3 is 2.78 bits per heavy atom. The smallest absolute Gasteiger partial charge is 0.450 e. The molecule has 1 N–H and O–H groups in total. The average Bonchev–Trinajstić information content (AvgIpc) is 2.19. The summed E-state index contributed by atoms with van der Waals surface area (Å²) in [5, 5.41) is 19.5. The van der Waals surface area contributed by atoms with Crippen molar-refractivity contribution in [2.45, 2.75) is 23.9 Å². The summed E-state index contributed by atoms with van der Waals surface area (Å²) >= 11 is 1.88. The Balaban J connectivity index is 3.02. The second kappa shape index (κ2) is 5.68. The zero-order valence-corrected chi connectivity index (χ0v) is 12.2. The van der Waals surface area contributed by atoms with Crippen LogP contribution >= 0.6 is 22.6 Å². The molecule has 0 amide bonds. The zero-order chi connectivity index (χ0) is 13.9. The fourth-order valence-corrected chi connectivity index (χ4v) is 2.60. The Bertz CT molecular complexity index is 418. The number of carboxylic acid groups (broad SMARTS) is 1. The highest BCUT2D eigenvalue weighted by molar-refractivity contribution is 14.1. The molecule has 2 unspecified atom stereocenters. The third kappa shape index (κ3) is 3.69. The largest absolute Gasteiger partial charge is 0.507 e. The number of allylic oxidation sites excluding steroid dienone is 1. The molecule has 7 heteroatoms. The number of hydrogen-bond donors (Lipinski definition) is 1. The first-order valence-corrected chi connectivity index (χ1v) is 6.49. The van der Waals surface area contributed by atoms with Gasteiger partial charge in [-0.25, -0.2) is 4.79 Å². The van der Waals surface area contributed by atoms with Gasteiger partial charge in [0.05, 0.1) is 4.92 Å². The minimum atomic E-state index is -1.39. The number of nitro groups is 1. The molecule has 1 rings (SSSR count). The molecule has 6 nitrogen and oxygen atoms in total. The molecule has 0 aliphatic heterocycles. The number of halogens is 1. The van der Waals surface area contributed by atoms with Crippen LogP contribution in [0.25, 0.3) is 0 Å². The highest BCUT2D eigenvalue weighted by Gasteiger charge is 2.41. The van der Waals surface area contributed by atoms with Gasteiger partial charge < -0.3 is 9.84 Å². The van der Waals surface area contributed by atoms with Crippen molar-refractivity contribution in [2.24, 2.45) is 11.8 Å². The van der Waals surface area contributed by atoms with Gasteiger partial charge in [-0.2, -0.15) is 0 Å². The van der Waals surface area contributed by atoms with Crippen LogP contribution in [0.1, 0.15) is 20.3 Å². The molecule has 100 valence electrons. The molecule has 0 radical (unpaired) electrons. The summed E-state index contributed by atoms with van der Waals surface area (Å²) in [7, 11) is 0. The topological polar surface area (TPSA) is 89.7 Å². The first-order chi connectivity index (χ1) is 8.24. The van der Waals surface area contributed by atoms with E-state index in [9.17, 15) is 14.9 Å². The molecule has 18 heavy (non-hydrogen) atoms. The summed E-state index contributed by atoms with van der Waals surface area (Å²) < 4.78 is 3.79. The van der Waals surface area contributed by atoms with Crippen LogP contribution in [0.5, 0.6) is 0 Å². The van der Waals surface area contributed by atoms with E-state index in [0.717, 1.165) is 0 Å². The minimum Gasteiger partial charge on any atom is -0.450 e. The molecule has 0 saturated carbocycles. The van der Waals surface area contributed by atoms with E-state index in [1.165, 1.54) is 18.2 Å². The fraction of sp³-hybridized carbons (Fsp3) is 0.545. The van der Waals surface area contributed by atoms with Crippen molar-refractivity contribution in [1.29, 1.82) is 0 Å². The lowest BCUT2D eigenvalue weighted by Crippen LogP contribution is -2.36. The Morgan fingerprint density at radius 1 is 1.72 bits per heavy atom. The van der Waals surface area contributed by atoms with Crippen molar-refractivity contribution >= 4 is 28.7 Å². The Kier molecular flexibility index (Phi) is 4.71. The third-order valence-electron chi connectivity index (χ3n) is 2.54. The quantitative estimate of drug-likeness (QED) is 0.271. The number of rotatable bonds is 4. The first kappa shape index (κ1) is 14.9. The van der Waals surface area contributed by atoms with Crippen molar-refractivity contribution in [2.75, 3.05) is 0 Å². The summed E-state index contributed by atoms with van der Waals surface area (Å²) in [5.41, 5.74) is -0.0260. The SMILES string of the molecule is CC(C)CC1C=C([N+](=O)[O-])C=CC1(I)OC(=O)O. The summed E-state index contributed by atoms with van der Waals surface area (Å²) in [6.45, 7) is 3.94. The van der Waals surface area contributed by atoms with Crippen LogP contribution in [0.3, 0.4) is 0 Å². The minimum absolute atomic E-state index is 0.0260. The molecule has 0 heterocycles. The molecule has 0 aromatic heterocycles. The van der Waals surface area contributed by atoms with E-state index in [0.29, 0.717) is 6.42 Å². The van der Waals surface area contributed by atoms with Gasteiger partial charge in [0.1, 0.15) is 0 Å². The molecule has 1 aliphatic carbocycles. The summed E-state index contributed by atoms with van der Waals surface area (Å²) in [6, 6.07) is 0. The van der Waals surface area contributed by atoms with Gasteiger partial charge in [-0.15, -0.1) is 0 Å². The van der Waals surface area contributed by atoms with Crippen LogP contribution in [-0.4, -0.2) is 19.8 Å². The average molecular weight is 367 g/mol. The van der Waals surface area contributed by atoms with Gasteiger partial charge in [0.2, 0.25) is 0 Å². The van der Waals surface area contributed by atoms with Gasteiger partial charge in [-0.3, -0.25) is 10.1 Å². The van der Waals surface area contributed by atoms with Gasteiger partial charge in [0.15, 0.2) is 3.61 Å². The van der Waals surface area contributed by atoms with Crippen molar-refractivity contribution < 1.29 is 19.6 Å². The predicted octanol–water partition coefficient (Wildman–Crippen LogP) is 3.21. The predicted molar refractivity (Wildman–Crippen MR) is 73.0 cm³/mol. The molecule has 2 atom stereocenters. The Morgan fingerprint density at radius 2 is 2.33 bits per heavy atom. The molecular weight excluding hydrogens is 353 g/mol. The van der Waals surface area contributed by atoms with Crippen LogP contribution in [0.15, 0.2) is 23.9 Å². The van der Waals surface area contributed by atoms with Crippen LogP contribution in [0.2, 0.25) is 0 Å². The van der Waals surface area contributed by atoms with Gasteiger partial charge >= 0.3 is 6.16 Å². The van der Waals surface area contributed by atoms with E-state index in [4.69, 9.17) is 9.84 Å². The molecule has 1 aliphatic rings. The van der Waals surface area contributed by atoms with Crippen LogP contribution in [-0.2, 0) is 4.74 Å². The monoisotopic (exact) mass is 367 g/mol. The van der Waals surface area contributed by atoms with E-state index in [1.54, 1.807) is 0 Å². The second-order valence-corrected chi connectivity index (χ2v) is 6.17. The van der Waals surface area contributed by atoms with E-state index in [1.807, 2.05) is 36.4 Å². The summed E-state index contributed by atoms with van der Waals surface area (Å²) in [6.07, 6.45) is 3.41. The molecule has 0 aromatic carbocycles. The lowest BCUT2D eigenvalue weighted by atomic mass is 9.88. The van der Waals surface area contributed by atoms with Crippen molar-refractivity contribution in [3.05, 3.63) is 34.0 Å². The van der Waals surface area contributed by atoms with Gasteiger partial charge in [-0.05, 0) is 41.0 Å². The maximum atomic E-state index is 10.7. The van der Waals surface area contributed by atoms with E-state index in [-0.39, 0.29) is 17.5 Å². The highest BCUT2D eigenvalue weighted by atomic mass is 127. The van der Waals surface area contributed by atoms with Gasteiger partial charge in [-0.1, -0.05) is 13.8 Å². The molecule has 0 bridgehead atoms. The Hall–Kier alpha value is -1.12. The van der Waals surface area contributed by atoms with Crippen LogP contribution in [0, 0.1) is 22.0 Å². The van der Waals surface area contributed by atoms with E-state index >= 15 is 0 Å². The van der Waals surface area contributed by atoms with Gasteiger partial charge in [0, 0.05) is 18.1 Å². The number of alkyl halides is 1. The number of carbonyl (C=O) groups is 1. The molecular formula is C11H14INO5. The molecule has 0 spiro atoms. The normalized spacial score (nSPS) is 26.9. The molecule has 0 fully saturated rings. The number of ether oxygens (including phenoxy) is 1. The number of nitrogens with zero attached hydrogens (tertiary/aromatic N) is 1. The van der Waals surface area contributed by atoms with Crippen molar-refractivity contribution in [3.8, 4) is 0 Å². The lowest BCUT2D eigenvalue weighted by molar-refractivity contribution is -0.420. The second-order valence-electron chi connectivity index (χ2n) is 4.48. The van der Waals surface area contributed by atoms with Crippen LogP contribution < -0.4 is 0 Å². The summed E-state index contributed by atoms with van der Waals surface area (Å²) in [5.74, 6) is -0.0723. The standard InChI is InChI=1S/C11H14INO5/c1-7(2)5-8-6-9(13(16)17)3-4-11(8,12)18-10(14)15/h3-4,6-8H,5H2,1-2H3,(H,14,15). The van der Waals surface area contributed by atoms with E-state index in [2.05, 4.69) is 0 Å².